The number of amides is 1. The summed E-state index contributed by atoms with van der Waals surface area (Å²) in [6.07, 6.45) is -9.22. The second-order valence-electron chi connectivity index (χ2n) is 8.67. The van der Waals surface area contributed by atoms with Gasteiger partial charge in [-0.25, -0.2) is 13.2 Å². The molecule has 0 spiro atoms. The molecular formula is C24H23ClF6N2O5S. The first-order valence-corrected chi connectivity index (χ1v) is 13.6. The zero-order chi connectivity index (χ0) is 29.2. The van der Waals surface area contributed by atoms with E-state index in [-0.39, 0.29) is 29.2 Å². The Hall–Kier alpha value is -2.84. The van der Waals surface area contributed by atoms with Gasteiger partial charge in [-0.3, -0.25) is 4.79 Å². The third-order valence-electron chi connectivity index (χ3n) is 6.13. The molecule has 1 aliphatic heterocycles. The van der Waals surface area contributed by atoms with Gasteiger partial charge in [-0.2, -0.15) is 26.3 Å². The van der Waals surface area contributed by atoms with Crippen molar-refractivity contribution in [2.24, 2.45) is 0 Å². The van der Waals surface area contributed by atoms with Crippen LogP contribution in [-0.4, -0.2) is 49.9 Å². The normalized spacial score (nSPS) is 17.9. The number of nitrogens with zero attached hydrogens (tertiary/aromatic N) is 1. The summed E-state index contributed by atoms with van der Waals surface area (Å²) >= 11 is 5.89. The number of sulfone groups is 1. The van der Waals surface area contributed by atoms with E-state index in [2.05, 4.69) is 10.2 Å². The Labute approximate surface area is 224 Å². The van der Waals surface area contributed by atoms with Crippen LogP contribution in [-0.2, 0) is 25.6 Å². The number of nitrogens with one attached hydrogen (secondary N) is 1. The second kappa shape index (κ2) is 11.7. The van der Waals surface area contributed by atoms with Crippen molar-refractivity contribution in [1.82, 2.24) is 10.4 Å². The number of halogens is 7. The minimum absolute atomic E-state index is 0.0521. The average Bonchev–Trinajstić information content (AvgIpc) is 2.86. The highest BCUT2D eigenvalue weighted by Crippen LogP contribution is 2.37. The Bertz CT molecular complexity index is 1320. The molecule has 15 heteroatoms. The van der Waals surface area contributed by atoms with Crippen LogP contribution in [0.25, 0.3) is 0 Å². The van der Waals surface area contributed by atoms with Gasteiger partial charge >= 0.3 is 18.3 Å². The topological polar surface area (TPSA) is 92.8 Å². The van der Waals surface area contributed by atoms with Crippen LogP contribution in [0.5, 0.6) is 0 Å². The molecule has 1 amide bonds. The molecular weight excluding hydrogens is 578 g/mol. The summed E-state index contributed by atoms with van der Waals surface area (Å²) in [6, 6.07) is 5.50. The summed E-state index contributed by atoms with van der Waals surface area (Å²) in [6.45, 7) is 1.31. The first-order chi connectivity index (χ1) is 18.1. The van der Waals surface area contributed by atoms with Crippen molar-refractivity contribution in [2.75, 3.05) is 12.3 Å². The molecule has 2 atom stereocenters. The molecule has 1 saturated heterocycles. The molecule has 7 nitrogen and oxygen atoms in total. The Morgan fingerprint density at radius 2 is 1.72 bits per heavy atom. The van der Waals surface area contributed by atoms with E-state index in [1.54, 1.807) is 0 Å². The number of alkyl halides is 6. The summed E-state index contributed by atoms with van der Waals surface area (Å²) < 4.78 is 103. The Balaban J connectivity index is 2.04. The molecule has 3 rings (SSSR count). The zero-order valence-corrected chi connectivity index (χ0v) is 21.8. The third kappa shape index (κ3) is 7.22. The highest BCUT2D eigenvalue weighted by molar-refractivity contribution is 7.91. The molecule has 1 N–H and O–H groups in total. The van der Waals surface area contributed by atoms with Crippen molar-refractivity contribution < 1.29 is 49.2 Å². The van der Waals surface area contributed by atoms with Gasteiger partial charge in [0.2, 0.25) is 0 Å². The van der Waals surface area contributed by atoms with E-state index in [0.29, 0.717) is 18.9 Å². The quantitative estimate of drug-likeness (QED) is 0.422. The van der Waals surface area contributed by atoms with E-state index in [9.17, 15) is 44.3 Å². The Morgan fingerprint density at radius 3 is 2.28 bits per heavy atom. The average molecular weight is 601 g/mol. The molecule has 0 aliphatic carbocycles. The van der Waals surface area contributed by atoms with E-state index in [1.165, 1.54) is 31.2 Å². The SMILES string of the molecule is CCS(=O)(=O)c1ccc(C(NC(=O)c2cccc(C(F)(F)F)c2Cl)C2CCCCN2OC(=O)C(F)(F)F)cc1. The van der Waals surface area contributed by atoms with Crippen molar-refractivity contribution in [3.8, 4) is 0 Å². The van der Waals surface area contributed by atoms with Crippen molar-refractivity contribution in [2.45, 2.75) is 55.5 Å². The summed E-state index contributed by atoms with van der Waals surface area (Å²) in [7, 11) is -3.62. The molecule has 1 fully saturated rings. The molecule has 0 radical (unpaired) electrons. The molecule has 2 unspecified atom stereocenters. The highest BCUT2D eigenvalue weighted by atomic mass is 35.5. The van der Waals surface area contributed by atoms with Crippen LogP contribution < -0.4 is 5.32 Å². The van der Waals surface area contributed by atoms with Crippen molar-refractivity contribution in [3.63, 3.8) is 0 Å². The predicted octanol–water partition coefficient (Wildman–Crippen LogP) is 5.50. The van der Waals surface area contributed by atoms with Crippen LogP contribution in [0.2, 0.25) is 5.02 Å². The smallest absolute Gasteiger partial charge is 0.360 e. The molecule has 2 aromatic rings. The zero-order valence-electron chi connectivity index (χ0n) is 20.3. The molecule has 1 aliphatic rings. The van der Waals surface area contributed by atoms with Crippen LogP contribution in [0.15, 0.2) is 47.4 Å². The largest absolute Gasteiger partial charge is 0.492 e. The van der Waals surface area contributed by atoms with E-state index in [0.717, 1.165) is 17.2 Å². The summed E-state index contributed by atoms with van der Waals surface area (Å²) in [4.78, 5) is 29.3. The molecule has 0 saturated carbocycles. The standard InChI is InChI=1S/C24H23ClF6N2O5S/c1-2-39(36,37)15-11-9-14(10-12-15)20(18-8-3-4-13-33(18)38-22(35)24(29,30)31)32-21(34)16-6-5-7-17(19(16)25)23(26,27)28/h5-7,9-12,18,20H,2-4,8,13H2,1H3,(H,32,34). The number of hydrogen-bond acceptors (Lipinski definition) is 6. The van der Waals surface area contributed by atoms with Crippen molar-refractivity contribution in [3.05, 3.63) is 64.2 Å². The highest BCUT2D eigenvalue weighted by Gasteiger charge is 2.45. The van der Waals surface area contributed by atoms with Crippen LogP contribution in [0.4, 0.5) is 26.3 Å². The van der Waals surface area contributed by atoms with Gasteiger partial charge < -0.3 is 10.2 Å². The predicted molar refractivity (Wildman–Crippen MR) is 127 cm³/mol. The molecule has 0 bridgehead atoms. The summed E-state index contributed by atoms with van der Waals surface area (Å²) in [5.41, 5.74) is -1.60. The van der Waals surface area contributed by atoms with Gasteiger partial charge in [0, 0.05) is 6.54 Å². The number of hydrogen-bond donors (Lipinski definition) is 1. The van der Waals surface area contributed by atoms with Gasteiger partial charge in [-0.05, 0) is 42.7 Å². The first-order valence-electron chi connectivity index (χ1n) is 11.6. The van der Waals surface area contributed by atoms with Crippen LogP contribution in [0, 0.1) is 0 Å². The van der Waals surface area contributed by atoms with Gasteiger partial charge in [-0.15, -0.1) is 5.06 Å². The lowest BCUT2D eigenvalue weighted by Crippen LogP contribution is -2.50. The maximum atomic E-state index is 13.3. The van der Waals surface area contributed by atoms with E-state index in [1.807, 2.05) is 0 Å². The minimum Gasteiger partial charge on any atom is -0.360 e. The second-order valence-corrected chi connectivity index (χ2v) is 11.3. The lowest BCUT2D eigenvalue weighted by Gasteiger charge is -2.39. The Morgan fingerprint density at radius 1 is 1.08 bits per heavy atom. The van der Waals surface area contributed by atoms with Gasteiger partial charge in [0.25, 0.3) is 5.91 Å². The maximum absolute atomic E-state index is 13.3. The van der Waals surface area contributed by atoms with E-state index < -0.39 is 62.3 Å². The molecule has 1 heterocycles. The number of piperidine rings is 1. The molecule has 2 aromatic carbocycles. The van der Waals surface area contributed by atoms with E-state index in [4.69, 9.17) is 11.6 Å². The lowest BCUT2D eigenvalue weighted by atomic mass is 9.91. The molecule has 214 valence electrons. The minimum atomic E-state index is -5.30. The van der Waals surface area contributed by atoms with Gasteiger partial charge in [0.1, 0.15) is 0 Å². The maximum Gasteiger partial charge on any atom is 0.492 e. The van der Waals surface area contributed by atoms with Crippen LogP contribution >= 0.6 is 11.6 Å². The fourth-order valence-corrected chi connectivity index (χ4v) is 5.33. The fourth-order valence-electron chi connectivity index (χ4n) is 4.13. The fraction of sp³-hybridized carbons (Fsp3) is 0.417. The van der Waals surface area contributed by atoms with Gasteiger partial charge in [0.05, 0.1) is 38.9 Å². The Kier molecular flexibility index (Phi) is 9.23. The molecule has 39 heavy (non-hydrogen) atoms. The third-order valence-corrected chi connectivity index (χ3v) is 8.29. The van der Waals surface area contributed by atoms with Crippen molar-refractivity contribution in [1.29, 1.82) is 0 Å². The van der Waals surface area contributed by atoms with Crippen molar-refractivity contribution >= 4 is 33.3 Å². The molecule has 0 aromatic heterocycles. The first kappa shape index (κ1) is 30.7. The lowest BCUT2D eigenvalue weighted by molar-refractivity contribution is -0.252. The van der Waals surface area contributed by atoms with Gasteiger partial charge in [-0.1, -0.05) is 43.1 Å². The van der Waals surface area contributed by atoms with Crippen LogP contribution in [0.3, 0.4) is 0 Å². The number of hydroxylamine groups is 2. The number of carbonyl (C=O) groups is 2. The number of rotatable bonds is 7. The number of carbonyl (C=O) groups excluding carboxylic acids is 2. The summed E-state index contributed by atoms with van der Waals surface area (Å²) in [5, 5.41) is 2.39. The van der Waals surface area contributed by atoms with E-state index >= 15 is 0 Å². The summed E-state index contributed by atoms with van der Waals surface area (Å²) in [5.74, 6) is -3.76. The number of benzene rings is 2. The monoisotopic (exact) mass is 600 g/mol. The van der Waals surface area contributed by atoms with Gasteiger partial charge in [0.15, 0.2) is 9.84 Å². The van der Waals surface area contributed by atoms with Crippen LogP contribution in [0.1, 0.15) is 53.7 Å².